The third-order valence-corrected chi connectivity index (χ3v) is 3.70. The van der Waals surface area contributed by atoms with Crippen LogP contribution in [0.25, 0.3) is 5.69 Å². The molecule has 1 heterocycles. The summed E-state index contributed by atoms with van der Waals surface area (Å²) in [5.41, 5.74) is -0.472. The number of aromatic nitrogens is 2. The number of nitrogens with zero attached hydrogens (tertiary/aromatic N) is 2. The molecule has 6 nitrogen and oxygen atoms in total. The molecule has 0 aliphatic heterocycles. The van der Waals surface area contributed by atoms with Gasteiger partial charge in [0.15, 0.2) is 5.69 Å². The van der Waals surface area contributed by atoms with Gasteiger partial charge in [-0.05, 0) is 37.6 Å². The number of amides is 1. The van der Waals surface area contributed by atoms with Gasteiger partial charge in [0.05, 0.1) is 5.69 Å². The van der Waals surface area contributed by atoms with E-state index in [-0.39, 0.29) is 12.1 Å². The van der Waals surface area contributed by atoms with Crippen LogP contribution in [-0.4, -0.2) is 32.3 Å². The van der Waals surface area contributed by atoms with Gasteiger partial charge in [-0.15, -0.1) is 0 Å². The smallest absolute Gasteiger partial charge is 0.329 e. The maximum absolute atomic E-state index is 12.2. The SMILES string of the molecule is CCC(C)(NC(=O)c1ccn(-c2cccc(Cl)c2)n1)C(=O)O. The lowest BCUT2D eigenvalue weighted by atomic mass is 9.99. The second-order valence-corrected chi connectivity index (χ2v) is 5.51. The highest BCUT2D eigenvalue weighted by Gasteiger charge is 2.33. The van der Waals surface area contributed by atoms with Crippen molar-refractivity contribution in [2.75, 3.05) is 0 Å². The lowest BCUT2D eigenvalue weighted by Gasteiger charge is -2.23. The molecule has 1 atom stereocenters. The van der Waals surface area contributed by atoms with Crippen LogP contribution in [0.15, 0.2) is 36.5 Å². The van der Waals surface area contributed by atoms with Crippen LogP contribution < -0.4 is 5.32 Å². The summed E-state index contributed by atoms with van der Waals surface area (Å²) >= 11 is 5.92. The third-order valence-electron chi connectivity index (χ3n) is 3.46. The van der Waals surface area contributed by atoms with Gasteiger partial charge >= 0.3 is 5.97 Å². The Kier molecular flexibility index (Phi) is 4.51. The van der Waals surface area contributed by atoms with Gasteiger partial charge in [-0.3, -0.25) is 4.79 Å². The number of nitrogens with one attached hydrogen (secondary N) is 1. The number of aliphatic carboxylic acids is 1. The van der Waals surface area contributed by atoms with E-state index in [9.17, 15) is 14.7 Å². The van der Waals surface area contributed by atoms with E-state index in [1.807, 2.05) is 0 Å². The van der Waals surface area contributed by atoms with Crippen LogP contribution in [0.4, 0.5) is 0 Å². The Morgan fingerprint density at radius 1 is 1.41 bits per heavy atom. The summed E-state index contributed by atoms with van der Waals surface area (Å²) in [6.07, 6.45) is 1.88. The van der Waals surface area contributed by atoms with Crippen LogP contribution in [-0.2, 0) is 4.79 Å². The highest BCUT2D eigenvalue weighted by molar-refractivity contribution is 6.30. The molecule has 116 valence electrons. The van der Waals surface area contributed by atoms with Gasteiger partial charge < -0.3 is 10.4 Å². The summed E-state index contributed by atoms with van der Waals surface area (Å²) in [5.74, 6) is -1.62. The second-order valence-electron chi connectivity index (χ2n) is 5.07. The summed E-state index contributed by atoms with van der Waals surface area (Å²) in [5, 5.41) is 16.4. The summed E-state index contributed by atoms with van der Waals surface area (Å²) in [4.78, 5) is 23.4. The van der Waals surface area contributed by atoms with Gasteiger partial charge in [0.25, 0.3) is 5.91 Å². The van der Waals surface area contributed by atoms with E-state index in [2.05, 4.69) is 10.4 Å². The molecule has 0 radical (unpaired) electrons. The molecule has 0 saturated carbocycles. The third kappa shape index (κ3) is 3.28. The molecule has 22 heavy (non-hydrogen) atoms. The fraction of sp³-hybridized carbons (Fsp3) is 0.267. The number of rotatable bonds is 5. The zero-order valence-electron chi connectivity index (χ0n) is 12.2. The van der Waals surface area contributed by atoms with Crippen LogP contribution in [0.5, 0.6) is 0 Å². The Morgan fingerprint density at radius 2 is 2.14 bits per heavy atom. The quantitative estimate of drug-likeness (QED) is 0.886. The second kappa shape index (κ2) is 6.19. The first-order valence-electron chi connectivity index (χ1n) is 6.73. The Hall–Kier alpha value is -2.34. The Labute approximate surface area is 132 Å². The van der Waals surface area contributed by atoms with Crippen molar-refractivity contribution in [1.82, 2.24) is 15.1 Å². The van der Waals surface area contributed by atoms with Gasteiger partial charge in [-0.25, -0.2) is 9.48 Å². The molecule has 0 saturated heterocycles. The highest BCUT2D eigenvalue weighted by Crippen LogP contribution is 2.15. The minimum Gasteiger partial charge on any atom is -0.480 e. The van der Waals surface area contributed by atoms with Crippen LogP contribution in [0.2, 0.25) is 5.02 Å². The molecule has 1 amide bonds. The molecule has 1 aromatic carbocycles. The van der Waals surface area contributed by atoms with Gasteiger partial charge in [0.1, 0.15) is 5.54 Å². The molecule has 2 aromatic rings. The molecule has 0 aliphatic rings. The number of hydrogen-bond donors (Lipinski definition) is 2. The van der Waals surface area contributed by atoms with E-state index in [1.165, 1.54) is 17.7 Å². The topological polar surface area (TPSA) is 84.2 Å². The van der Waals surface area contributed by atoms with Crippen molar-refractivity contribution in [3.05, 3.63) is 47.2 Å². The molecule has 1 aromatic heterocycles. The summed E-state index contributed by atoms with van der Waals surface area (Å²) in [7, 11) is 0. The first-order valence-corrected chi connectivity index (χ1v) is 7.11. The number of halogens is 1. The predicted octanol–water partition coefficient (Wildman–Crippen LogP) is 2.51. The van der Waals surface area contributed by atoms with E-state index < -0.39 is 17.4 Å². The number of carbonyl (C=O) groups is 2. The van der Waals surface area contributed by atoms with Crippen molar-refractivity contribution >= 4 is 23.5 Å². The molecular formula is C15H16ClN3O3. The van der Waals surface area contributed by atoms with E-state index >= 15 is 0 Å². The summed E-state index contributed by atoms with van der Waals surface area (Å²) < 4.78 is 1.50. The highest BCUT2D eigenvalue weighted by atomic mass is 35.5. The number of benzene rings is 1. The summed E-state index contributed by atoms with van der Waals surface area (Å²) in [6, 6.07) is 8.55. The van der Waals surface area contributed by atoms with Crippen molar-refractivity contribution in [3.63, 3.8) is 0 Å². The number of carboxylic acids is 1. The molecular weight excluding hydrogens is 306 g/mol. The van der Waals surface area contributed by atoms with Gasteiger partial charge in [-0.2, -0.15) is 5.10 Å². The predicted molar refractivity (Wildman–Crippen MR) is 82.4 cm³/mol. The van der Waals surface area contributed by atoms with E-state index in [1.54, 1.807) is 37.4 Å². The average molecular weight is 322 g/mol. The Bertz CT molecular complexity index is 714. The number of carboxylic acid groups (broad SMARTS) is 1. The maximum Gasteiger partial charge on any atom is 0.329 e. The summed E-state index contributed by atoms with van der Waals surface area (Å²) in [6.45, 7) is 3.15. The first-order chi connectivity index (χ1) is 10.4. The van der Waals surface area contributed by atoms with Crippen molar-refractivity contribution in [1.29, 1.82) is 0 Å². The molecule has 0 aliphatic carbocycles. The molecule has 2 rings (SSSR count). The lowest BCUT2D eigenvalue weighted by molar-refractivity contribution is -0.143. The fourth-order valence-corrected chi connectivity index (χ4v) is 2.00. The minimum absolute atomic E-state index is 0.140. The van der Waals surface area contributed by atoms with Gasteiger partial charge in [0.2, 0.25) is 0 Å². The van der Waals surface area contributed by atoms with Gasteiger partial charge in [-0.1, -0.05) is 24.6 Å². The van der Waals surface area contributed by atoms with E-state index in [4.69, 9.17) is 11.6 Å². The number of hydrogen-bond acceptors (Lipinski definition) is 3. The Morgan fingerprint density at radius 3 is 2.73 bits per heavy atom. The lowest BCUT2D eigenvalue weighted by Crippen LogP contribution is -2.51. The molecule has 0 fully saturated rings. The standard InChI is InChI=1S/C15H16ClN3O3/c1-3-15(2,14(21)22)17-13(20)12-7-8-19(18-12)11-6-4-5-10(16)9-11/h4-9H,3H2,1-2H3,(H,17,20)(H,21,22). The molecule has 0 spiro atoms. The van der Waals surface area contributed by atoms with Crippen LogP contribution in [0, 0.1) is 0 Å². The molecule has 1 unspecified atom stereocenters. The number of carbonyl (C=O) groups excluding carboxylic acids is 1. The molecule has 0 bridgehead atoms. The van der Waals surface area contributed by atoms with Crippen LogP contribution in [0.3, 0.4) is 0 Å². The molecule has 7 heteroatoms. The van der Waals surface area contributed by atoms with Crippen LogP contribution >= 0.6 is 11.6 Å². The zero-order valence-corrected chi connectivity index (χ0v) is 13.0. The maximum atomic E-state index is 12.2. The monoisotopic (exact) mass is 321 g/mol. The normalized spacial score (nSPS) is 13.4. The van der Waals surface area contributed by atoms with Crippen molar-refractivity contribution in [3.8, 4) is 5.69 Å². The fourth-order valence-electron chi connectivity index (χ4n) is 1.82. The minimum atomic E-state index is -1.32. The molecule has 2 N–H and O–H groups in total. The van der Waals surface area contributed by atoms with Crippen molar-refractivity contribution in [2.24, 2.45) is 0 Å². The average Bonchev–Trinajstić information content (AvgIpc) is 2.97. The van der Waals surface area contributed by atoms with E-state index in [0.717, 1.165) is 0 Å². The van der Waals surface area contributed by atoms with Gasteiger partial charge in [0, 0.05) is 11.2 Å². The first kappa shape index (κ1) is 16.0. The van der Waals surface area contributed by atoms with E-state index in [0.29, 0.717) is 10.7 Å². The van der Waals surface area contributed by atoms with Crippen LogP contribution in [0.1, 0.15) is 30.8 Å². The van der Waals surface area contributed by atoms with Crippen molar-refractivity contribution < 1.29 is 14.7 Å². The largest absolute Gasteiger partial charge is 0.480 e. The Balaban J connectivity index is 2.21. The zero-order chi connectivity index (χ0) is 16.3. The van der Waals surface area contributed by atoms with Crippen molar-refractivity contribution in [2.45, 2.75) is 25.8 Å².